The summed E-state index contributed by atoms with van der Waals surface area (Å²) in [5.41, 5.74) is 3.24. The molecular weight excluding hydrogens is 329 g/mol. The van der Waals surface area contributed by atoms with Gasteiger partial charge in [-0.2, -0.15) is 0 Å². The van der Waals surface area contributed by atoms with Gasteiger partial charge in [-0.1, -0.05) is 12.1 Å². The molecule has 0 aromatic heterocycles. The predicted molar refractivity (Wildman–Crippen MR) is 104 cm³/mol. The van der Waals surface area contributed by atoms with E-state index in [-0.39, 0.29) is 0 Å². The lowest BCUT2D eigenvalue weighted by atomic mass is 9.80. The minimum absolute atomic E-state index is 0.443. The van der Waals surface area contributed by atoms with Crippen LogP contribution >= 0.6 is 0 Å². The fourth-order valence-electron chi connectivity index (χ4n) is 2.71. The maximum absolute atomic E-state index is 9.32. The Bertz CT molecular complexity index is 786. The Hall–Kier alpha value is -2.96. The van der Waals surface area contributed by atoms with Gasteiger partial charge < -0.3 is 24.4 Å². The van der Waals surface area contributed by atoms with Crippen molar-refractivity contribution in [2.24, 2.45) is 0 Å². The van der Waals surface area contributed by atoms with Crippen molar-refractivity contribution in [2.45, 2.75) is 0 Å². The van der Waals surface area contributed by atoms with Crippen LogP contribution in [0.4, 0.5) is 17.1 Å². The molecule has 0 fully saturated rings. The Morgan fingerprint density at radius 1 is 0.615 bits per heavy atom. The van der Waals surface area contributed by atoms with Gasteiger partial charge in [-0.15, -0.1) is 0 Å². The van der Waals surface area contributed by atoms with E-state index in [2.05, 4.69) is 4.90 Å². The summed E-state index contributed by atoms with van der Waals surface area (Å²) < 4.78 is 10.5. The molecule has 0 heterocycles. The molecule has 5 nitrogen and oxygen atoms in total. The summed E-state index contributed by atoms with van der Waals surface area (Å²) in [7, 11) is 1.78. The van der Waals surface area contributed by atoms with E-state index in [9.17, 15) is 10.0 Å². The van der Waals surface area contributed by atoms with E-state index in [1.165, 1.54) is 0 Å². The van der Waals surface area contributed by atoms with E-state index in [4.69, 9.17) is 9.47 Å². The number of anilines is 3. The van der Waals surface area contributed by atoms with Crippen molar-refractivity contribution in [3.05, 3.63) is 72.8 Å². The third-order valence-corrected chi connectivity index (χ3v) is 4.11. The topological polar surface area (TPSA) is 62.2 Å². The Kier molecular flexibility index (Phi) is 5.46. The summed E-state index contributed by atoms with van der Waals surface area (Å²) in [6.07, 6.45) is 0. The molecule has 3 rings (SSSR count). The molecule has 0 amide bonds. The number of nitrogens with zero attached hydrogens (tertiary/aromatic N) is 1. The van der Waals surface area contributed by atoms with Crippen LogP contribution in [0.3, 0.4) is 0 Å². The zero-order valence-corrected chi connectivity index (χ0v) is 14.7. The summed E-state index contributed by atoms with van der Waals surface area (Å²) in [4.78, 5) is 2.06. The second kappa shape index (κ2) is 7.95. The van der Waals surface area contributed by atoms with Gasteiger partial charge >= 0.3 is 7.12 Å². The molecule has 2 N–H and O–H groups in total. The first-order valence-corrected chi connectivity index (χ1v) is 8.16. The zero-order valence-electron chi connectivity index (χ0n) is 14.7. The van der Waals surface area contributed by atoms with Crippen LogP contribution in [0.1, 0.15) is 0 Å². The van der Waals surface area contributed by atoms with Gasteiger partial charge in [0.05, 0.1) is 14.2 Å². The molecule has 0 saturated carbocycles. The lowest BCUT2D eigenvalue weighted by molar-refractivity contribution is 0.415. The first-order chi connectivity index (χ1) is 12.6. The quantitative estimate of drug-likeness (QED) is 0.670. The Morgan fingerprint density at radius 3 is 1.27 bits per heavy atom. The van der Waals surface area contributed by atoms with Crippen molar-refractivity contribution in [3.8, 4) is 11.5 Å². The van der Waals surface area contributed by atoms with Crippen LogP contribution in [-0.2, 0) is 0 Å². The summed E-state index contributed by atoms with van der Waals surface area (Å²) in [6.45, 7) is 0. The highest BCUT2D eigenvalue weighted by molar-refractivity contribution is 6.58. The molecular formula is C20H20BNO4. The molecule has 0 atom stereocenters. The van der Waals surface area contributed by atoms with Gasteiger partial charge in [0.15, 0.2) is 0 Å². The number of benzene rings is 3. The minimum Gasteiger partial charge on any atom is -0.497 e. The Balaban J connectivity index is 2.04. The van der Waals surface area contributed by atoms with Crippen molar-refractivity contribution in [3.63, 3.8) is 0 Å². The normalized spacial score (nSPS) is 10.3. The van der Waals surface area contributed by atoms with Crippen LogP contribution in [-0.4, -0.2) is 31.4 Å². The predicted octanol–water partition coefficient (Wildman–Crippen LogP) is 2.85. The molecule has 0 bridgehead atoms. The van der Waals surface area contributed by atoms with Crippen molar-refractivity contribution < 1.29 is 19.5 Å². The van der Waals surface area contributed by atoms with Gasteiger partial charge in [0.25, 0.3) is 0 Å². The second-order valence-electron chi connectivity index (χ2n) is 5.70. The third kappa shape index (κ3) is 3.82. The van der Waals surface area contributed by atoms with E-state index in [0.717, 1.165) is 28.6 Å². The third-order valence-electron chi connectivity index (χ3n) is 4.11. The van der Waals surface area contributed by atoms with Gasteiger partial charge in [-0.3, -0.25) is 0 Å². The largest absolute Gasteiger partial charge is 0.497 e. The van der Waals surface area contributed by atoms with Gasteiger partial charge in [-0.05, 0) is 66.1 Å². The zero-order chi connectivity index (χ0) is 18.5. The lowest BCUT2D eigenvalue weighted by Gasteiger charge is -2.26. The molecule has 0 aliphatic carbocycles. The fraction of sp³-hybridized carbons (Fsp3) is 0.100. The van der Waals surface area contributed by atoms with Crippen LogP contribution < -0.4 is 19.8 Å². The number of rotatable bonds is 6. The molecule has 0 aliphatic heterocycles. The van der Waals surface area contributed by atoms with E-state index < -0.39 is 7.12 Å². The second-order valence-corrected chi connectivity index (χ2v) is 5.70. The van der Waals surface area contributed by atoms with Crippen LogP contribution in [0.25, 0.3) is 0 Å². The molecule has 0 saturated heterocycles. The highest BCUT2D eigenvalue weighted by atomic mass is 16.5. The van der Waals surface area contributed by atoms with E-state index in [1.54, 1.807) is 26.4 Å². The number of hydrogen-bond donors (Lipinski definition) is 2. The van der Waals surface area contributed by atoms with Crippen LogP contribution in [0.15, 0.2) is 72.8 Å². The number of ether oxygens (including phenoxy) is 2. The van der Waals surface area contributed by atoms with Gasteiger partial charge in [0.2, 0.25) is 0 Å². The fourth-order valence-corrected chi connectivity index (χ4v) is 2.71. The molecule has 0 unspecified atom stereocenters. The summed E-state index contributed by atoms with van der Waals surface area (Å²) in [5.74, 6) is 1.56. The molecule has 0 spiro atoms. The average molecular weight is 349 g/mol. The summed E-state index contributed by atoms with van der Waals surface area (Å²) in [6, 6.07) is 22.6. The summed E-state index contributed by atoms with van der Waals surface area (Å²) in [5, 5.41) is 18.6. The van der Waals surface area contributed by atoms with Crippen molar-refractivity contribution >= 4 is 29.6 Å². The molecule has 0 radical (unpaired) electrons. The van der Waals surface area contributed by atoms with E-state index in [0.29, 0.717) is 5.46 Å². The van der Waals surface area contributed by atoms with Crippen molar-refractivity contribution in [1.29, 1.82) is 0 Å². The maximum Gasteiger partial charge on any atom is 0.488 e. The first kappa shape index (κ1) is 17.9. The average Bonchev–Trinajstić information content (AvgIpc) is 2.69. The first-order valence-electron chi connectivity index (χ1n) is 8.16. The van der Waals surface area contributed by atoms with Crippen molar-refractivity contribution in [1.82, 2.24) is 0 Å². The lowest BCUT2D eigenvalue weighted by Crippen LogP contribution is -2.29. The number of methoxy groups -OCH3 is 2. The molecule has 132 valence electrons. The van der Waals surface area contributed by atoms with E-state index in [1.807, 2.05) is 60.7 Å². The molecule has 6 heteroatoms. The summed E-state index contributed by atoms with van der Waals surface area (Å²) >= 11 is 0. The van der Waals surface area contributed by atoms with Crippen LogP contribution in [0, 0.1) is 0 Å². The Labute approximate surface area is 153 Å². The van der Waals surface area contributed by atoms with E-state index >= 15 is 0 Å². The van der Waals surface area contributed by atoms with Crippen LogP contribution in [0.5, 0.6) is 11.5 Å². The van der Waals surface area contributed by atoms with Gasteiger partial charge in [-0.25, -0.2) is 0 Å². The maximum atomic E-state index is 9.32. The van der Waals surface area contributed by atoms with Crippen LogP contribution in [0.2, 0.25) is 0 Å². The van der Waals surface area contributed by atoms with Crippen molar-refractivity contribution in [2.75, 3.05) is 19.1 Å². The molecule has 0 aliphatic rings. The minimum atomic E-state index is -1.49. The SMILES string of the molecule is COc1ccc(N(c2ccc(OC)cc2)c2ccc(B(O)O)cc2)cc1. The highest BCUT2D eigenvalue weighted by Crippen LogP contribution is 2.35. The molecule has 3 aromatic carbocycles. The Morgan fingerprint density at radius 2 is 0.962 bits per heavy atom. The molecule has 26 heavy (non-hydrogen) atoms. The smallest absolute Gasteiger partial charge is 0.488 e. The van der Waals surface area contributed by atoms with Gasteiger partial charge in [0, 0.05) is 17.1 Å². The number of hydrogen-bond acceptors (Lipinski definition) is 5. The molecule has 3 aromatic rings. The highest BCUT2D eigenvalue weighted by Gasteiger charge is 2.15. The van der Waals surface area contributed by atoms with Gasteiger partial charge in [0.1, 0.15) is 11.5 Å². The monoisotopic (exact) mass is 349 g/mol. The standard InChI is InChI=1S/C20H20BNO4/c1-25-19-11-7-17(8-12-19)22(18-9-13-20(26-2)14-10-18)16-5-3-15(4-6-16)21(23)24/h3-14,23-24H,1-2H3.